The van der Waals surface area contributed by atoms with Crippen LogP contribution in [0.4, 0.5) is 0 Å². The Morgan fingerprint density at radius 2 is 1.95 bits per heavy atom. The SMILES string of the molecule is Cc1c(C(=O)NC2(C(=O)O)CCC2)nnn1-c1ccccc1. The molecule has 1 aromatic carbocycles. The molecular formula is C15H16N4O3. The third-order valence-electron chi connectivity index (χ3n) is 4.08. The summed E-state index contributed by atoms with van der Waals surface area (Å²) in [5.41, 5.74) is 0.364. The normalized spacial score (nSPS) is 15.9. The first-order valence-electron chi connectivity index (χ1n) is 7.07. The fourth-order valence-corrected chi connectivity index (χ4v) is 2.55. The van der Waals surface area contributed by atoms with Crippen molar-refractivity contribution in [2.24, 2.45) is 0 Å². The van der Waals surface area contributed by atoms with Crippen molar-refractivity contribution in [1.82, 2.24) is 20.3 Å². The lowest BCUT2D eigenvalue weighted by Gasteiger charge is -2.37. The molecule has 22 heavy (non-hydrogen) atoms. The summed E-state index contributed by atoms with van der Waals surface area (Å²) in [4.78, 5) is 23.7. The third kappa shape index (κ3) is 2.24. The maximum Gasteiger partial charge on any atom is 0.329 e. The molecule has 0 bridgehead atoms. The molecule has 7 heteroatoms. The van der Waals surface area contributed by atoms with E-state index in [0.29, 0.717) is 18.5 Å². The quantitative estimate of drug-likeness (QED) is 0.887. The van der Waals surface area contributed by atoms with Crippen LogP contribution in [0, 0.1) is 6.92 Å². The molecule has 1 heterocycles. The van der Waals surface area contributed by atoms with Gasteiger partial charge >= 0.3 is 5.97 Å². The topological polar surface area (TPSA) is 97.1 Å². The molecule has 0 radical (unpaired) electrons. The molecule has 1 aliphatic carbocycles. The lowest BCUT2D eigenvalue weighted by Crippen LogP contribution is -2.59. The van der Waals surface area contributed by atoms with Crippen LogP contribution >= 0.6 is 0 Å². The fourth-order valence-electron chi connectivity index (χ4n) is 2.55. The number of benzene rings is 1. The van der Waals surface area contributed by atoms with Gasteiger partial charge < -0.3 is 10.4 Å². The number of carboxylic acids is 1. The van der Waals surface area contributed by atoms with Crippen molar-refractivity contribution in [3.8, 4) is 5.69 Å². The van der Waals surface area contributed by atoms with Crippen molar-refractivity contribution in [2.45, 2.75) is 31.7 Å². The number of para-hydroxylation sites is 1. The standard InChI is InChI=1S/C15H16N4O3/c1-10-12(13(20)16-15(14(21)22)8-5-9-15)17-18-19(10)11-6-3-2-4-7-11/h2-4,6-7H,5,8-9H2,1H3,(H,16,20)(H,21,22). The van der Waals surface area contributed by atoms with E-state index in [2.05, 4.69) is 15.6 Å². The van der Waals surface area contributed by atoms with Crippen molar-refractivity contribution in [3.63, 3.8) is 0 Å². The second kappa shape index (κ2) is 5.25. The summed E-state index contributed by atoms with van der Waals surface area (Å²) in [6.07, 6.45) is 1.68. The third-order valence-corrected chi connectivity index (χ3v) is 4.08. The number of carbonyl (C=O) groups is 2. The van der Waals surface area contributed by atoms with Gasteiger partial charge in [-0.05, 0) is 38.3 Å². The summed E-state index contributed by atoms with van der Waals surface area (Å²) in [5.74, 6) is -1.50. The van der Waals surface area contributed by atoms with E-state index in [1.807, 2.05) is 30.3 Å². The lowest BCUT2D eigenvalue weighted by atomic mass is 9.76. The van der Waals surface area contributed by atoms with Crippen LogP contribution in [0.15, 0.2) is 30.3 Å². The molecule has 0 aliphatic heterocycles. The molecule has 3 rings (SSSR count). The highest BCUT2D eigenvalue weighted by Crippen LogP contribution is 2.32. The van der Waals surface area contributed by atoms with Crippen molar-refractivity contribution in [1.29, 1.82) is 0 Å². The van der Waals surface area contributed by atoms with E-state index in [1.165, 1.54) is 0 Å². The van der Waals surface area contributed by atoms with E-state index in [4.69, 9.17) is 0 Å². The van der Waals surface area contributed by atoms with E-state index in [-0.39, 0.29) is 5.69 Å². The minimum absolute atomic E-state index is 0.149. The number of aliphatic carboxylic acids is 1. The van der Waals surface area contributed by atoms with Gasteiger partial charge in [0.25, 0.3) is 5.91 Å². The minimum atomic E-state index is -1.15. The highest BCUT2D eigenvalue weighted by molar-refractivity contribution is 5.97. The first-order valence-corrected chi connectivity index (χ1v) is 7.07. The molecule has 114 valence electrons. The van der Waals surface area contributed by atoms with E-state index in [9.17, 15) is 14.7 Å². The highest BCUT2D eigenvalue weighted by atomic mass is 16.4. The fraction of sp³-hybridized carbons (Fsp3) is 0.333. The summed E-state index contributed by atoms with van der Waals surface area (Å²) in [5, 5.41) is 19.8. The molecule has 0 saturated heterocycles. The molecule has 1 aliphatic rings. The Labute approximate surface area is 126 Å². The Morgan fingerprint density at radius 3 is 2.50 bits per heavy atom. The number of hydrogen-bond acceptors (Lipinski definition) is 4. The van der Waals surface area contributed by atoms with E-state index in [0.717, 1.165) is 12.1 Å². The van der Waals surface area contributed by atoms with Crippen molar-refractivity contribution in [2.75, 3.05) is 0 Å². The second-order valence-electron chi connectivity index (χ2n) is 5.47. The number of amides is 1. The number of rotatable bonds is 4. The van der Waals surface area contributed by atoms with Gasteiger partial charge in [0, 0.05) is 0 Å². The molecule has 0 atom stereocenters. The van der Waals surface area contributed by atoms with Crippen LogP contribution in [-0.2, 0) is 4.79 Å². The lowest BCUT2D eigenvalue weighted by molar-refractivity contribution is -0.148. The zero-order valence-electron chi connectivity index (χ0n) is 12.1. The molecule has 2 N–H and O–H groups in total. The van der Waals surface area contributed by atoms with E-state index < -0.39 is 17.4 Å². The van der Waals surface area contributed by atoms with Gasteiger partial charge in [0.15, 0.2) is 5.69 Å². The first-order chi connectivity index (χ1) is 10.5. The second-order valence-corrected chi connectivity index (χ2v) is 5.47. The van der Waals surface area contributed by atoms with Crippen LogP contribution in [0.5, 0.6) is 0 Å². The number of aromatic nitrogens is 3. The van der Waals surface area contributed by atoms with Gasteiger partial charge in [0.1, 0.15) is 5.54 Å². The van der Waals surface area contributed by atoms with Crippen LogP contribution < -0.4 is 5.32 Å². The molecule has 2 aromatic rings. The van der Waals surface area contributed by atoms with E-state index in [1.54, 1.807) is 11.6 Å². The van der Waals surface area contributed by atoms with Crippen LogP contribution in [0.3, 0.4) is 0 Å². The van der Waals surface area contributed by atoms with Crippen LogP contribution in [0.25, 0.3) is 5.69 Å². The van der Waals surface area contributed by atoms with Crippen molar-refractivity contribution in [3.05, 3.63) is 41.7 Å². The smallest absolute Gasteiger partial charge is 0.329 e. The summed E-state index contributed by atoms with van der Waals surface area (Å²) in [7, 11) is 0. The number of nitrogens with one attached hydrogen (secondary N) is 1. The van der Waals surface area contributed by atoms with Gasteiger partial charge in [-0.3, -0.25) is 4.79 Å². The van der Waals surface area contributed by atoms with Gasteiger partial charge in [0.05, 0.1) is 11.4 Å². The number of hydrogen-bond donors (Lipinski definition) is 2. The van der Waals surface area contributed by atoms with Gasteiger partial charge in [-0.1, -0.05) is 23.4 Å². The van der Waals surface area contributed by atoms with E-state index >= 15 is 0 Å². The summed E-state index contributed by atoms with van der Waals surface area (Å²) >= 11 is 0. The number of carbonyl (C=O) groups excluding carboxylic acids is 1. The molecule has 0 unspecified atom stereocenters. The Hall–Kier alpha value is -2.70. The number of nitrogens with zero attached hydrogens (tertiary/aromatic N) is 3. The Balaban J connectivity index is 1.86. The monoisotopic (exact) mass is 300 g/mol. The van der Waals surface area contributed by atoms with Gasteiger partial charge in [-0.15, -0.1) is 5.10 Å². The first kappa shape index (κ1) is 14.2. The van der Waals surface area contributed by atoms with Gasteiger partial charge in [-0.2, -0.15) is 0 Å². The molecule has 1 amide bonds. The summed E-state index contributed by atoms with van der Waals surface area (Å²) in [6.45, 7) is 1.73. The largest absolute Gasteiger partial charge is 0.480 e. The molecule has 1 aromatic heterocycles. The molecule has 1 saturated carbocycles. The van der Waals surface area contributed by atoms with Crippen molar-refractivity contribution < 1.29 is 14.7 Å². The maximum absolute atomic E-state index is 12.3. The van der Waals surface area contributed by atoms with Crippen LogP contribution in [0.2, 0.25) is 0 Å². The summed E-state index contributed by atoms with van der Waals surface area (Å²) < 4.78 is 1.56. The van der Waals surface area contributed by atoms with Crippen LogP contribution in [0.1, 0.15) is 35.4 Å². The molecule has 7 nitrogen and oxygen atoms in total. The van der Waals surface area contributed by atoms with Gasteiger partial charge in [0.2, 0.25) is 0 Å². The predicted molar refractivity (Wildman–Crippen MR) is 77.8 cm³/mol. The van der Waals surface area contributed by atoms with Crippen LogP contribution in [-0.4, -0.2) is 37.5 Å². The Bertz CT molecular complexity index is 720. The predicted octanol–water partition coefficient (Wildman–Crippen LogP) is 1.31. The zero-order valence-corrected chi connectivity index (χ0v) is 12.1. The number of carboxylic acid groups (broad SMARTS) is 1. The Morgan fingerprint density at radius 1 is 1.27 bits per heavy atom. The van der Waals surface area contributed by atoms with Gasteiger partial charge in [-0.25, -0.2) is 9.48 Å². The maximum atomic E-state index is 12.3. The van der Waals surface area contributed by atoms with Crippen molar-refractivity contribution >= 4 is 11.9 Å². The highest BCUT2D eigenvalue weighted by Gasteiger charge is 2.46. The average molecular weight is 300 g/mol. The minimum Gasteiger partial charge on any atom is -0.480 e. The molecular weight excluding hydrogens is 284 g/mol. The molecule has 1 fully saturated rings. The average Bonchev–Trinajstić information content (AvgIpc) is 2.85. The Kier molecular flexibility index (Phi) is 3.40. The zero-order chi connectivity index (χ0) is 15.7. The summed E-state index contributed by atoms with van der Waals surface area (Å²) in [6, 6.07) is 9.33. The molecule has 0 spiro atoms.